The van der Waals surface area contributed by atoms with Crippen LogP contribution in [0.1, 0.15) is 41.9 Å². The second kappa shape index (κ2) is 10.6. The van der Waals surface area contributed by atoms with E-state index in [2.05, 4.69) is 27.6 Å². The van der Waals surface area contributed by atoms with Crippen LogP contribution in [0.2, 0.25) is 0 Å². The summed E-state index contributed by atoms with van der Waals surface area (Å²) in [4.78, 5) is 42.7. The van der Waals surface area contributed by atoms with Gasteiger partial charge in [-0.2, -0.15) is 5.10 Å². The third-order valence-electron chi connectivity index (χ3n) is 6.36. The lowest BCUT2D eigenvalue weighted by atomic mass is 10.1. The summed E-state index contributed by atoms with van der Waals surface area (Å²) in [7, 11) is 1.75. The Bertz CT molecular complexity index is 1720. The van der Waals surface area contributed by atoms with E-state index < -0.39 is 6.03 Å². The number of halogens is 1. The molecule has 4 aromatic rings. The molecule has 5 rings (SSSR count). The number of fused-ring (bicyclic) bond motifs is 1. The molecule has 0 radical (unpaired) electrons. The second-order valence-corrected chi connectivity index (χ2v) is 9.68. The molecule has 39 heavy (non-hydrogen) atoms. The molecule has 11 heteroatoms. The van der Waals surface area contributed by atoms with Crippen molar-refractivity contribution in [1.29, 1.82) is 0 Å². The Morgan fingerprint density at radius 2 is 1.92 bits per heavy atom. The van der Waals surface area contributed by atoms with Crippen LogP contribution in [0, 0.1) is 0 Å². The number of amides is 3. The van der Waals surface area contributed by atoms with Crippen molar-refractivity contribution in [2.45, 2.75) is 25.7 Å². The van der Waals surface area contributed by atoms with Crippen molar-refractivity contribution in [1.82, 2.24) is 24.6 Å². The third-order valence-corrected chi connectivity index (χ3v) is 6.80. The van der Waals surface area contributed by atoms with Gasteiger partial charge in [0.25, 0.3) is 11.5 Å². The van der Waals surface area contributed by atoms with Gasteiger partial charge in [-0.3, -0.25) is 14.2 Å². The van der Waals surface area contributed by atoms with Crippen LogP contribution in [-0.4, -0.2) is 31.3 Å². The van der Waals surface area contributed by atoms with Gasteiger partial charge in [-0.05, 0) is 62.2 Å². The van der Waals surface area contributed by atoms with Crippen LogP contribution in [0.4, 0.5) is 16.2 Å². The Morgan fingerprint density at radius 1 is 1.13 bits per heavy atom. The van der Waals surface area contributed by atoms with E-state index in [0.717, 1.165) is 18.7 Å². The largest absolute Gasteiger partial charge is 0.323 e. The molecule has 0 bridgehead atoms. The highest BCUT2D eigenvalue weighted by Crippen LogP contribution is 2.38. The fourth-order valence-corrected chi connectivity index (χ4v) is 4.19. The Kier molecular flexibility index (Phi) is 7.03. The van der Waals surface area contributed by atoms with Crippen molar-refractivity contribution in [2.75, 3.05) is 10.6 Å². The molecule has 10 nitrogen and oxygen atoms in total. The molecule has 2 aromatic carbocycles. The summed E-state index contributed by atoms with van der Waals surface area (Å²) < 4.78 is 3.16. The number of aromatic nitrogens is 4. The van der Waals surface area contributed by atoms with E-state index in [1.165, 1.54) is 12.3 Å². The maximum absolute atomic E-state index is 13.1. The van der Waals surface area contributed by atoms with Gasteiger partial charge in [0.2, 0.25) is 0 Å². The minimum atomic E-state index is -0.479. The van der Waals surface area contributed by atoms with Crippen LogP contribution >= 0.6 is 11.6 Å². The molecule has 2 aromatic heterocycles. The molecule has 198 valence electrons. The Labute approximate surface area is 229 Å². The zero-order chi connectivity index (χ0) is 27.7. The SMILES string of the molecule is C=CC(Cl)=C(C)NC(=O)Nc1cnn(-c2cccc(C(=O)Nc3ccc4c(=O)n(C)c(C5CC5)nc4c3)c2)c1. The van der Waals surface area contributed by atoms with Gasteiger partial charge >= 0.3 is 6.03 Å². The van der Waals surface area contributed by atoms with Gasteiger partial charge in [0, 0.05) is 29.9 Å². The first kappa shape index (κ1) is 25.9. The number of carbonyl (C=O) groups excluding carboxylic acids is 2. The quantitative estimate of drug-likeness (QED) is 0.282. The number of allylic oxidation sites excluding steroid dienone is 3. The van der Waals surface area contributed by atoms with E-state index in [9.17, 15) is 14.4 Å². The van der Waals surface area contributed by atoms with Crippen molar-refractivity contribution in [3.63, 3.8) is 0 Å². The average molecular weight is 544 g/mol. The van der Waals surface area contributed by atoms with Gasteiger partial charge < -0.3 is 16.0 Å². The minimum Gasteiger partial charge on any atom is -0.322 e. The van der Waals surface area contributed by atoms with Crippen molar-refractivity contribution in [3.8, 4) is 5.69 Å². The fourth-order valence-electron chi connectivity index (χ4n) is 4.14. The second-order valence-electron chi connectivity index (χ2n) is 9.27. The van der Waals surface area contributed by atoms with Gasteiger partial charge in [-0.1, -0.05) is 24.2 Å². The predicted molar refractivity (Wildman–Crippen MR) is 151 cm³/mol. The lowest BCUT2D eigenvalue weighted by Gasteiger charge is -2.11. The normalized spacial score (nSPS) is 13.5. The smallest absolute Gasteiger partial charge is 0.322 e. The van der Waals surface area contributed by atoms with E-state index >= 15 is 0 Å². The minimum absolute atomic E-state index is 0.0924. The summed E-state index contributed by atoms with van der Waals surface area (Å²) in [6.45, 7) is 5.22. The van der Waals surface area contributed by atoms with Crippen LogP contribution in [0.25, 0.3) is 16.6 Å². The van der Waals surface area contributed by atoms with Crippen LogP contribution < -0.4 is 21.5 Å². The van der Waals surface area contributed by atoms with Crippen LogP contribution in [0.3, 0.4) is 0 Å². The number of nitrogens with one attached hydrogen (secondary N) is 3. The van der Waals surface area contributed by atoms with E-state index in [0.29, 0.717) is 50.2 Å². The van der Waals surface area contributed by atoms with Crippen molar-refractivity contribution >= 4 is 45.8 Å². The highest BCUT2D eigenvalue weighted by Gasteiger charge is 2.28. The van der Waals surface area contributed by atoms with Gasteiger partial charge in [-0.25, -0.2) is 14.5 Å². The zero-order valence-electron chi connectivity index (χ0n) is 21.4. The molecule has 0 atom stereocenters. The number of hydrogen-bond acceptors (Lipinski definition) is 5. The number of anilines is 2. The molecule has 2 heterocycles. The highest BCUT2D eigenvalue weighted by atomic mass is 35.5. The number of carbonyl (C=O) groups is 2. The van der Waals surface area contributed by atoms with E-state index in [1.54, 1.807) is 71.9 Å². The first-order chi connectivity index (χ1) is 18.7. The summed E-state index contributed by atoms with van der Waals surface area (Å²) in [5.41, 5.74) is 2.95. The molecule has 0 aliphatic heterocycles. The number of hydrogen-bond donors (Lipinski definition) is 3. The van der Waals surface area contributed by atoms with Gasteiger partial charge in [0.15, 0.2) is 0 Å². The predicted octanol–water partition coefficient (Wildman–Crippen LogP) is 5.03. The number of benzene rings is 2. The number of nitrogens with zero attached hydrogens (tertiary/aromatic N) is 4. The monoisotopic (exact) mass is 543 g/mol. The molecular formula is C28H26ClN7O3. The summed E-state index contributed by atoms with van der Waals surface area (Å²) in [6, 6.07) is 11.5. The number of urea groups is 1. The first-order valence-corrected chi connectivity index (χ1v) is 12.6. The summed E-state index contributed by atoms with van der Waals surface area (Å²) in [5, 5.41) is 13.3. The molecule has 1 aliphatic rings. The lowest BCUT2D eigenvalue weighted by molar-refractivity contribution is 0.102. The summed E-state index contributed by atoms with van der Waals surface area (Å²) >= 11 is 5.95. The van der Waals surface area contributed by atoms with Crippen LogP contribution in [0.15, 0.2) is 83.0 Å². The van der Waals surface area contributed by atoms with E-state index in [1.807, 2.05) is 0 Å². The molecule has 0 unspecified atom stereocenters. The topological polar surface area (TPSA) is 123 Å². The summed E-state index contributed by atoms with van der Waals surface area (Å²) in [6.07, 6.45) is 6.60. The molecular weight excluding hydrogens is 518 g/mol. The Hall–Kier alpha value is -4.70. The van der Waals surface area contributed by atoms with E-state index in [4.69, 9.17) is 16.6 Å². The molecule has 0 saturated heterocycles. The van der Waals surface area contributed by atoms with Crippen molar-refractivity contribution < 1.29 is 9.59 Å². The maximum atomic E-state index is 13.1. The highest BCUT2D eigenvalue weighted by molar-refractivity contribution is 6.31. The molecule has 1 aliphatic carbocycles. The molecule has 1 fully saturated rings. The lowest BCUT2D eigenvalue weighted by Crippen LogP contribution is -2.27. The Morgan fingerprint density at radius 3 is 2.67 bits per heavy atom. The van der Waals surface area contributed by atoms with Crippen molar-refractivity contribution in [3.05, 3.63) is 100.0 Å². The molecule has 0 spiro atoms. The Balaban J connectivity index is 1.31. The average Bonchev–Trinajstić information content (AvgIpc) is 3.67. The first-order valence-electron chi connectivity index (χ1n) is 12.3. The maximum Gasteiger partial charge on any atom is 0.323 e. The standard InChI is InChI=1S/C28H26ClN7O3/c1-4-23(29)16(2)31-28(39)33-20-14-30-36(15-20)21-7-5-6-18(12-21)26(37)32-19-10-11-22-24(13-19)34-25(17-8-9-17)35(3)27(22)38/h4-7,10-15,17H,1,8-9H2,2-3H3,(H,32,37)(H2,31,33,39). The van der Waals surface area contributed by atoms with Gasteiger partial charge in [0.1, 0.15) is 5.82 Å². The number of rotatable bonds is 7. The van der Waals surface area contributed by atoms with E-state index in [-0.39, 0.29) is 11.5 Å². The molecule has 1 saturated carbocycles. The molecule has 3 amide bonds. The van der Waals surface area contributed by atoms with Gasteiger partial charge in [-0.15, -0.1) is 0 Å². The summed E-state index contributed by atoms with van der Waals surface area (Å²) in [5.74, 6) is 0.771. The van der Waals surface area contributed by atoms with Gasteiger partial charge in [0.05, 0.1) is 39.7 Å². The van der Waals surface area contributed by atoms with Crippen molar-refractivity contribution in [2.24, 2.45) is 7.05 Å². The van der Waals surface area contributed by atoms with Crippen LogP contribution in [-0.2, 0) is 7.05 Å². The molecule has 3 N–H and O–H groups in total. The van der Waals surface area contributed by atoms with Crippen LogP contribution in [0.5, 0.6) is 0 Å². The fraction of sp³-hybridized carbons (Fsp3) is 0.179. The third kappa shape index (κ3) is 5.60. The zero-order valence-corrected chi connectivity index (χ0v) is 22.1.